The third-order valence-electron chi connectivity index (χ3n) is 2.45. The molecule has 0 aliphatic heterocycles. The van der Waals surface area contributed by atoms with Crippen molar-refractivity contribution in [2.75, 3.05) is 0 Å². The Balaban J connectivity index is 2.37. The van der Waals surface area contributed by atoms with E-state index >= 15 is 0 Å². The van der Waals surface area contributed by atoms with Gasteiger partial charge in [-0.2, -0.15) is 13.2 Å². The van der Waals surface area contributed by atoms with E-state index < -0.39 is 17.7 Å². The van der Waals surface area contributed by atoms with Gasteiger partial charge < -0.3 is 9.84 Å². The predicted molar refractivity (Wildman–Crippen MR) is 67.7 cm³/mol. The van der Waals surface area contributed by atoms with Gasteiger partial charge >= 0.3 is 12.1 Å². The molecule has 110 valence electrons. The van der Waals surface area contributed by atoms with E-state index in [0.717, 1.165) is 30.5 Å². The minimum absolute atomic E-state index is 0.0659. The van der Waals surface area contributed by atoms with Crippen LogP contribution in [-0.2, 0) is 6.18 Å². The Morgan fingerprint density at radius 3 is 2.62 bits per heavy atom. The Bertz CT molecular complexity index is 689. The molecule has 1 heterocycles. The minimum Gasteiger partial charge on any atom is -0.478 e. The summed E-state index contributed by atoms with van der Waals surface area (Å²) in [5.74, 6) is -1.69. The van der Waals surface area contributed by atoms with Crippen molar-refractivity contribution in [1.29, 1.82) is 0 Å². The van der Waals surface area contributed by atoms with Gasteiger partial charge in [-0.15, -0.1) is 0 Å². The van der Waals surface area contributed by atoms with Gasteiger partial charge in [0.25, 0.3) is 0 Å². The molecule has 1 aromatic carbocycles. The minimum atomic E-state index is -4.52. The number of carboxylic acids is 1. The van der Waals surface area contributed by atoms with E-state index in [-0.39, 0.29) is 22.2 Å². The summed E-state index contributed by atoms with van der Waals surface area (Å²) in [6.07, 6.45) is -3.49. The first-order chi connectivity index (χ1) is 9.77. The lowest BCUT2D eigenvalue weighted by Crippen LogP contribution is -2.05. The summed E-state index contributed by atoms with van der Waals surface area (Å²) in [4.78, 5) is 14.7. The molecule has 2 rings (SSSR count). The van der Waals surface area contributed by atoms with Crippen LogP contribution in [0.15, 0.2) is 36.5 Å². The first kappa shape index (κ1) is 15.1. The fraction of sp³-hybridized carbons (Fsp3) is 0.0769. The van der Waals surface area contributed by atoms with Crippen molar-refractivity contribution in [3.63, 3.8) is 0 Å². The molecule has 0 unspecified atom stereocenters. The van der Waals surface area contributed by atoms with Gasteiger partial charge in [-0.1, -0.05) is 17.7 Å². The van der Waals surface area contributed by atoms with Crippen molar-refractivity contribution >= 4 is 17.6 Å². The molecule has 21 heavy (non-hydrogen) atoms. The number of aromatic nitrogens is 1. The molecule has 0 atom stereocenters. The molecule has 1 N–H and O–H groups in total. The third kappa shape index (κ3) is 3.63. The average molecular weight is 318 g/mol. The number of aromatic carboxylic acids is 1. The second-order valence-corrected chi connectivity index (χ2v) is 4.32. The van der Waals surface area contributed by atoms with Crippen LogP contribution in [0.25, 0.3) is 0 Å². The van der Waals surface area contributed by atoms with Gasteiger partial charge in [0.05, 0.1) is 11.8 Å². The maximum atomic E-state index is 12.6. The third-order valence-corrected chi connectivity index (χ3v) is 2.66. The Morgan fingerprint density at radius 2 is 2.00 bits per heavy atom. The van der Waals surface area contributed by atoms with Crippen molar-refractivity contribution < 1.29 is 27.8 Å². The van der Waals surface area contributed by atoms with Crippen molar-refractivity contribution in [3.05, 3.63) is 52.8 Å². The SMILES string of the molecule is O=C(O)c1cc(Cl)ncc1Oc1cccc(C(F)(F)F)c1. The van der Waals surface area contributed by atoms with Gasteiger partial charge in [0, 0.05) is 0 Å². The second-order valence-electron chi connectivity index (χ2n) is 3.94. The number of nitrogens with zero attached hydrogens (tertiary/aromatic N) is 1. The van der Waals surface area contributed by atoms with Gasteiger partial charge in [-0.25, -0.2) is 9.78 Å². The maximum absolute atomic E-state index is 12.6. The van der Waals surface area contributed by atoms with Crippen LogP contribution in [0.2, 0.25) is 5.15 Å². The fourth-order valence-corrected chi connectivity index (χ4v) is 1.69. The van der Waals surface area contributed by atoms with E-state index in [9.17, 15) is 18.0 Å². The number of rotatable bonds is 3. The first-order valence-corrected chi connectivity index (χ1v) is 5.89. The summed E-state index contributed by atoms with van der Waals surface area (Å²) in [5, 5.41) is 8.94. The number of alkyl halides is 3. The van der Waals surface area contributed by atoms with Crippen molar-refractivity contribution in [2.45, 2.75) is 6.18 Å². The molecule has 4 nitrogen and oxygen atoms in total. The number of hydrogen-bond acceptors (Lipinski definition) is 3. The summed E-state index contributed by atoms with van der Waals surface area (Å²) in [5.41, 5.74) is -1.20. The average Bonchev–Trinajstić information content (AvgIpc) is 2.40. The maximum Gasteiger partial charge on any atom is 0.416 e. The van der Waals surface area contributed by atoms with Gasteiger partial charge in [0.1, 0.15) is 16.5 Å². The largest absolute Gasteiger partial charge is 0.478 e. The Hall–Kier alpha value is -2.28. The molecule has 1 aromatic heterocycles. The molecular weight excluding hydrogens is 311 g/mol. The highest BCUT2D eigenvalue weighted by Crippen LogP contribution is 2.33. The number of carbonyl (C=O) groups is 1. The lowest BCUT2D eigenvalue weighted by atomic mass is 10.2. The number of pyridine rings is 1. The van der Waals surface area contributed by atoms with Crippen molar-refractivity contribution in [2.24, 2.45) is 0 Å². The Labute approximate surface area is 121 Å². The molecule has 8 heteroatoms. The van der Waals surface area contributed by atoms with Crippen molar-refractivity contribution in [1.82, 2.24) is 4.98 Å². The summed E-state index contributed by atoms with van der Waals surface area (Å²) >= 11 is 5.57. The van der Waals surface area contributed by atoms with Crippen LogP contribution in [0.5, 0.6) is 11.5 Å². The van der Waals surface area contributed by atoms with E-state index in [1.165, 1.54) is 6.07 Å². The zero-order chi connectivity index (χ0) is 15.6. The monoisotopic (exact) mass is 317 g/mol. The topological polar surface area (TPSA) is 59.4 Å². The first-order valence-electron chi connectivity index (χ1n) is 5.51. The molecule has 0 saturated carbocycles. The number of benzene rings is 1. The lowest BCUT2D eigenvalue weighted by Gasteiger charge is -2.11. The van der Waals surface area contributed by atoms with Gasteiger partial charge in [0.2, 0.25) is 0 Å². The summed E-state index contributed by atoms with van der Waals surface area (Å²) in [6, 6.07) is 5.12. The van der Waals surface area contributed by atoms with Crippen LogP contribution in [0.3, 0.4) is 0 Å². The number of carboxylic acid groups (broad SMARTS) is 1. The second kappa shape index (κ2) is 5.61. The van der Waals surface area contributed by atoms with Crippen LogP contribution in [-0.4, -0.2) is 16.1 Å². The molecule has 0 saturated heterocycles. The predicted octanol–water partition coefficient (Wildman–Crippen LogP) is 4.24. The van der Waals surface area contributed by atoms with E-state index in [0.29, 0.717) is 0 Å². The summed E-state index contributed by atoms with van der Waals surface area (Å²) < 4.78 is 42.9. The highest BCUT2D eigenvalue weighted by atomic mass is 35.5. The Kier molecular flexibility index (Phi) is 4.04. The zero-order valence-electron chi connectivity index (χ0n) is 10.2. The van der Waals surface area contributed by atoms with Crippen LogP contribution in [0.4, 0.5) is 13.2 Å². The molecule has 0 aliphatic rings. The molecule has 0 radical (unpaired) electrons. The molecule has 0 aliphatic carbocycles. The van der Waals surface area contributed by atoms with Crippen LogP contribution >= 0.6 is 11.6 Å². The molecule has 0 bridgehead atoms. The fourth-order valence-electron chi connectivity index (χ4n) is 1.53. The van der Waals surface area contributed by atoms with E-state index in [2.05, 4.69) is 4.98 Å². The van der Waals surface area contributed by atoms with Gasteiger partial charge in [-0.3, -0.25) is 0 Å². The van der Waals surface area contributed by atoms with E-state index in [1.54, 1.807) is 0 Å². The molecule has 2 aromatic rings. The zero-order valence-corrected chi connectivity index (χ0v) is 10.9. The highest BCUT2D eigenvalue weighted by Gasteiger charge is 2.30. The van der Waals surface area contributed by atoms with Gasteiger partial charge in [-0.05, 0) is 24.3 Å². The standard InChI is InChI=1S/C13H7ClF3NO3/c14-11-5-9(12(19)20)10(6-18-11)21-8-3-1-2-7(4-8)13(15,16)17/h1-6H,(H,19,20). The number of hydrogen-bond donors (Lipinski definition) is 1. The summed E-state index contributed by atoms with van der Waals surface area (Å²) in [6.45, 7) is 0. The molecule has 0 amide bonds. The van der Waals surface area contributed by atoms with E-state index in [1.807, 2.05) is 0 Å². The molecule has 0 spiro atoms. The smallest absolute Gasteiger partial charge is 0.416 e. The van der Waals surface area contributed by atoms with Crippen LogP contribution < -0.4 is 4.74 Å². The van der Waals surface area contributed by atoms with Crippen molar-refractivity contribution in [3.8, 4) is 11.5 Å². The number of halogens is 4. The quantitative estimate of drug-likeness (QED) is 0.860. The lowest BCUT2D eigenvalue weighted by molar-refractivity contribution is -0.137. The summed E-state index contributed by atoms with van der Waals surface area (Å²) in [7, 11) is 0. The van der Waals surface area contributed by atoms with Gasteiger partial charge in [0.15, 0.2) is 5.75 Å². The highest BCUT2D eigenvalue weighted by molar-refractivity contribution is 6.29. The van der Waals surface area contributed by atoms with Crippen LogP contribution in [0.1, 0.15) is 15.9 Å². The molecule has 0 fully saturated rings. The number of ether oxygens (including phenoxy) is 1. The normalized spacial score (nSPS) is 11.2. The van der Waals surface area contributed by atoms with Crippen LogP contribution in [0, 0.1) is 0 Å². The molecular formula is C13H7ClF3NO3. The Morgan fingerprint density at radius 1 is 1.29 bits per heavy atom. The van der Waals surface area contributed by atoms with E-state index in [4.69, 9.17) is 21.4 Å².